The van der Waals surface area contributed by atoms with Crippen molar-refractivity contribution in [3.05, 3.63) is 51.6 Å². The molecule has 2 unspecified atom stereocenters. The first kappa shape index (κ1) is 30.2. The lowest BCUT2D eigenvalue weighted by Crippen LogP contribution is -2.53. The van der Waals surface area contributed by atoms with Gasteiger partial charge in [-0.2, -0.15) is 0 Å². The number of morpholine rings is 1. The first-order valence-corrected chi connectivity index (χ1v) is 15.0. The van der Waals surface area contributed by atoms with Crippen LogP contribution in [0.4, 0.5) is 0 Å². The van der Waals surface area contributed by atoms with Gasteiger partial charge in [-0.15, -0.1) is 0 Å². The number of ether oxygens (including phenoxy) is 6. The minimum Gasteiger partial charge on any atom is -0.507 e. The summed E-state index contributed by atoms with van der Waals surface area (Å²) in [6.45, 7) is 3.12. The van der Waals surface area contributed by atoms with E-state index in [1.807, 2.05) is 6.92 Å². The lowest BCUT2D eigenvalue weighted by Gasteiger charge is -2.43. The fourth-order valence-corrected chi connectivity index (χ4v) is 7.60. The van der Waals surface area contributed by atoms with Gasteiger partial charge in [0.1, 0.15) is 41.8 Å². The zero-order chi connectivity index (χ0) is 31.8. The highest BCUT2D eigenvalue weighted by molar-refractivity contribution is 6.31. The third-order valence-corrected chi connectivity index (χ3v) is 9.69. The third-order valence-electron chi connectivity index (χ3n) is 9.69. The van der Waals surface area contributed by atoms with Crippen LogP contribution >= 0.6 is 0 Å². The van der Waals surface area contributed by atoms with Gasteiger partial charge in [0.2, 0.25) is 5.78 Å². The fourth-order valence-electron chi connectivity index (χ4n) is 7.60. The molecule has 3 N–H and O–H groups in total. The average molecular weight is 626 g/mol. The zero-order valence-electron chi connectivity index (χ0n) is 25.1. The first-order valence-electron chi connectivity index (χ1n) is 15.0. The van der Waals surface area contributed by atoms with E-state index in [1.165, 1.54) is 26.4 Å². The number of hydrogen-bond acceptors (Lipinski definition) is 13. The molecule has 5 aliphatic rings. The third kappa shape index (κ3) is 4.60. The Morgan fingerprint density at radius 1 is 1.09 bits per heavy atom. The molecular formula is C32H35NO12. The van der Waals surface area contributed by atoms with Crippen LogP contribution in [0, 0.1) is 0 Å². The van der Waals surface area contributed by atoms with Crippen LogP contribution in [0.15, 0.2) is 18.2 Å². The van der Waals surface area contributed by atoms with Gasteiger partial charge in [0.25, 0.3) is 0 Å². The lowest BCUT2D eigenvalue weighted by molar-refractivity contribution is -0.247. The maximum atomic E-state index is 13.9. The van der Waals surface area contributed by atoms with Crippen LogP contribution in [0.5, 0.6) is 17.2 Å². The minimum atomic E-state index is -2.08. The molecule has 0 spiro atoms. The van der Waals surface area contributed by atoms with Crippen LogP contribution in [0.25, 0.3) is 0 Å². The number of phenolic OH excluding ortho intramolecular Hbond substituents is 2. The van der Waals surface area contributed by atoms with Gasteiger partial charge >= 0.3 is 0 Å². The smallest absolute Gasteiger partial charge is 0.202 e. The molecule has 0 aromatic heterocycles. The van der Waals surface area contributed by atoms with E-state index in [0.29, 0.717) is 26.2 Å². The number of aromatic hydroxyl groups is 2. The van der Waals surface area contributed by atoms with Crippen LogP contribution in [0.2, 0.25) is 0 Å². The summed E-state index contributed by atoms with van der Waals surface area (Å²) in [4.78, 5) is 43.0. The first-order chi connectivity index (χ1) is 21.6. The molecule has 0 saturated carbocycles. The maximum Gasteiger partial charge on any atom is 0.202 e. The Kier molecular flexibility index (Phi) is 7.47. The van der Waals surface area contributed by atoms with Crippen molar-refractivity contribution in [2.75, 3.05) is 40.6 Å². The summed E-state index contributed by atoms with van der Waals surface area (Å²) in [6.07, 6.45) is -3.28. The number of carbonyl (C=O) groups excluding carboxylic acids is 3. The molecule has 240 valence electrons. The molecule has 7 rings (SSSR count). The molecule has 2 aromatic rings. The van der Waals surface area contributed by atoms with Gasteiger partial charge in [-0.25, -0.2) is 0 Å². The van der Waals surface area contributed by atoms with E-state index in [-0.39, 0.29) is 58.9 Å². The van der Waals surface area contributed by atoms with E-state index in [9.17, 15) is 29.7 Å². The molecule has 3 fully saturated rings. The van der Waals surface area contributed by atoms with Gasteiger partial charge in [0.05, 0.1) is 49.2 Å². The number of fused-ring (bicyclic) bond motifs is 6. The summed E-state index contributed by atoms with van der Waals surface area (Å²) in [6, 6.07) is 4.44. The summed E-state index contributed by atoms with van der Waals surface area (Å²) in [5.74, 6) is -3.13. The Morgan fingerprint density at radius 2 is 1.87 bits per heavy atom. The molecule has 13 nitrogen and oxygen atoms in total. The molecule has 3 heterocycles. The quantitative estimate of drug-likeness (QED) is 0.336. The normalized spacial score (nSPS) is 32.3. The van der Waals surface area contributed by atoms with E-state index in [1.54, 1.807) is 6.07 Å². The van der Waals surface area contributed by atoms with Crippen molar-refractivity contribution in [2.45, 2.75) is 68.7 Å². The molecule has 0 radical (unpaired) electrons. The number of hydrogen-bond donors (Lipinski definition) is 3. The van der Waals surface area contributed by atoms with Crippen LogP contribution in [0.1, 0.15) is 68.8 Å². The predicted molar refractivity (Wildman–Crippen MR) is 153 cm³/mol. The molecule has 3 aliphatic heterocycles. The minimum absolute atomic E-state index is 0.00447. The Morgan fingerprint density at radius 3 is 2.62 bits per heavy atom. The highest BCUT2D eigenvalue weighted by atomic mass is 16.7. The summed E-state index contributed by atoms with van der Waals surface area (Å²) < 4.78 is 34.8. The summed E-state index contributed by atoms with van der Waals surface area (Å²) in [5.41, 5.74) is -2.99. The number of nitrogens with zero attached hydrogens (tertiary/aromatic N) is 1. The van der Waals surface area contributed by atoms with Crippen molar-refractivity contribution >= 4 is 17.3 Å². The van der Waals surface area contributed by atoms with Gasteiger partial charge in [0.15, 0.2) is 17.9 Å². The number of methoxy groups -OCH3 is 2. The Balaban J connectivity index is 1.32. The summed E-state index contributed by atoms with van der Waals surface area (Å²) in [7, 11) is 2.68. The summed E-state index contributed by atoms with van der Waals surface area (Å²) >= 11 is 0. The summed E-state index contributed by atoms with van der Waals surface area (Å²) in [5, 5.41) is 35.1. The standard InChI is InChI=1S/C32H35NO12/c1-14-31-17(33-7-8-42-13-21(33)45-31)9-22(43-14)44-19-11-32(39,20(34)12-40-2)10-16-24(19)30(38)26-25(28(16)36)27(35)15-5-4-6-18(41-3)23(15)29(26)37/h4-6,14,17,19,21-22,31,36,38-39H,7-13H2,1-3H3/t14-,17?,19?,21+,22-,31+,32-/m0/s1. The number of aliphatic hydroxyl groups is 1. The largest absolute Gasteiger partial charge is 0.507 e. The van der Waals surface area contributed by atoms with Crippen LogP contribution in [-0.4, -0.2) is 115 Å². The number of Topliss-reactive ketones (excluding diaryl/α,β-unsaturated/α-hetero) is 1. The molecule has 13 heteroatoms. The van der Waals surface area contributed by atoms with E-state index in [2.05, 4.69) is 4.90 Å². The van der Waals surface area contributed by atoms with Crippen molar-refractivity contribution in [3.8, 4) is 17.2 Å². The van der Waals surface area contributed by atoms with Crippen molar-refractivity contribution in [3.63, 3.8) is 0 Å². The SMILES string of the molecule is COCC(=O)[C@]1(O)Cc2c(O)c3c(c(O)c2C(O[C@H]2CC4[C@H](O[C@@H]5COCCN45)[C@H](C)O2)C1)C(=O)c1c(OC)cccc1C3=O. The Labute approximate surface area is 258 Å². The molecule has 7 atom stereocenters. The van der Waals surface area contributed by atoms with Crippen molar-refractivity contribution in [1.82, 2.24) is 4.90 Å². The number of ketones is 3. The molecule has 2 aliphatic carbocycles. The maximum absolute atomic E-state index is 13.9. The van der Waals surface area contributed by atoms with E-state index in [4.69, 9.17) is 28.4 Å². The van der Waals surface area contributed by atoms with E-state index in [0.717, 1.165) is 0 Å². The molecular weight excluding hydrogens is 590 g/mol. The van der Waals surface area contributed by atoms with E-state index >= 15 is 0 Å². The monoisotopic (exact) mass is 625 g/mol. The second kappa shape index (κ2) is 11.1. The van der Waals surface area contributed by atoms with Crippen molar-refractivity contribution in [2.24, 2.45) is 0 Å². The Hall–Kier alpha value is -3.43. The number of rotatable bonds is 6. The number of benzene rings is 2. The molecule has 45 heavy (non-hydrogen) atoms. The number of phenols is 2. The molecule has 0 bridgehead atoms. The van der Waals surface area contributed by atoms with Gasteiger partial charge in [-0.1, -0.05) is 12.1 Å². The van der Waals surface area contributed by atoms with Crippen LogP contribution < -0.4 is 4.74 Å². The van der Waals surface area contributed by atoms with Crippen molar-refractivity contribution in [1.29, 1.82) is 0 Å². The lowest BCUT2D eigenvalue weighted by atomic mass is 9.72. The van der Waals surface area contributed by atoms with Gasteiger partial charge < -0.3 is 43.7 Å². The second-order valence-corrected chi connectivity index (χ2v) is 12.2. The fraction of sp³-hybridized carbons (Fsp3) is 0.531. The van der Waals surface area contributed by atoms with Crippen molar-refractivity contribution < 1.29 is 58.1 Å². The number of carbonyl (C=O) groups is 3. The molecule has 0 amide bonds. The van der Waals surface area contributed by atoms with E-state index < -0.39 is 71.0 Å². The van der Waals surface area contributed by atoms with Crippen LogP contribution in [-0.2, 0) is 34.9 Å². The average Bonchev–Trinajstić information content (AvgIpc) is 3.40. The zero-order valence-corrected chi connectivity index (χ0v) is 25.1. The van der Waals surface area contributed by atoms with Gasteiger partial charge in [-0.3, -0.25) is 19.3 Å². The second-order valence-electron chi connectivity index (χ2n) is 12.2. The highest BCUT2D eigenvalue weighted by Gasteiger charge is 2.53. The molecule has 2 aromatic carbocycles. The predicted octanol–water partition coefficient (Wildman–Crippen LogP) is 1.39. The van der Waals surface area contributed by atoms with Gasteiger partial charge in [0, 0.05) is 55.6 Å². The highest BCUT2D eigenvalue weighted by Crippen LogP contribution is 2.53. The van der Waals surface area contributed by atoms with Crippen LogP contribution in [0.3, 0.4) is 0 Å². The topological polar surface area (TPSA) is 171 Å². The van der Waals surface area contributed by atoms with Gasteiger partial charge in [-0.05, 0) is 13.0 Å². The Bertz CT molecular complexity index is 1590. The molecule has 3 saturated heterocycles.